The van der Waals surface area contributed by atoms with Crippen LogP contribution in [-0.2, 0) is 0 Å². The van der Waals surface area contributed by atoms with E-state index in [1.807, 2.05) is 18.0 Å². The summed E-state index contributed by atoms with van der Waals surface area (Å²) in [6.07, 6.45) is 5.13. The van der Waals surface area contributed by atoms with Gasteiger partial charge in [0.1, 0.15) is 6.33 Å². The summed E-state index contributed by atoms with van der Waals surface area (Å²) in [4.78, 5) is 19.2. The maximum Gasteiger partial charge on any atom is 0.274 e. The van der Waals surface area contributed by atoms with Gasteiger partial charge in [-0.3, -0.25) is 9.89 Å². The number of fused-ring (bicyclic) bond motifs is 1. The fraction of sp³-hybridized carbons (Fsp3) is 0.474. The van der Waals surface area contributed by atoms with Crippen molar-refractivity contribution in [3.8, 4) is 11.3 Å². The quantitative estimate of drug-likeness (QED) is 0.738. The second-order valence-corrected chi connectivity index (χ2v) is 7.59. The van der Waals surface area contributed by atoms with E-state index in [0.717, 1.165) is 40.9 Å². The lowest BCUT2D eigenvalue weighted by atomic mass is 9.95. The van der Waals surface area contributed by atoms with E-state index >= 15 is 0 Å². The molecule has 0 atom stereocenters. The summed E-state index contributed by atoms with van der Waals surface area (Å²) in [6, 6.07) is 2.24. The van der Waals surface area contributed by atoms with E-state index in [0.29, 0.717) is 18.8 Å². The minimum atomic E-state index is -0.0216. The molecule has 0 radical (unpaired) electrons. The first-order chi connectivity index (χ1) is 13.0. The van der Waals surface area contributed by atoms with E-state index in [9.17, 15) is 4.79 Å². The Hall–Kier alpha value is -2.74. The average Bonchev–Trinajstić information content (AvgIpc) is 3.28. The topological polar surface area (TPSA) is 105 Å². The third-order valence-corrected chi connectivity index (χ3v) is 5.26. The molecular weight excluding hydrogens is 342 g/mol. The molecule has 0 spiro atoms. The highest BCUT2D eigenvalue weighted by molar-refractivity contribution is 5.96. The van der Waals surface area contributed by atoms with Gasteiger partial charge in [-0.25, -0.2) is 9.50 Å². The van der Waals surface area contributed by atoms with Crippen molar-refractivity contribution in [3.63, 3.8) is 0 Å². The van der Waals surface area contributed by atoms with Crippen molar-refractivity contribution in [2.24, 2.45) is 5.73 Å². The van der Waals surface area contributed by atoms with Crippen LogP contribution in [0.25, 0.3) is 16.9 Å². The van der Waals surface area contributed by atoms with E-state index in [1.165, 1.54) is 0 Å². The Balaban J connectivity index is 1.75. The van der Waals surface area contributed by atoms with Gasteiger partial charge in [0, 0.05) is 36.5 Å². The number of aromatic nitrogens is 5. The van der Waals surface area contributed by atoms with Crippen LogP contribution in [0.1, 0.15) is 54.2 Å². The number of H-pyrrole nitrogens is 1. The SMILES string of the molecule is Cc1cc(-c2[nH]nc(C(=O)N3CCC(N)CC3)c2C(C)C)cn2ncnc12. The van der Waals surface area contributed by atoms with Crippen LogP contribution in [0.3, 0.4) is 0 Å². The van der Waals surface area contributed by atoms with E-state index in [4.69, 9.17) is 5.73 Å². The number of carbonyl (C=O) groups excluding carboxylic acids is 1. The molecule has 0 unspecified atom stereocenters. The standard InChI is InChI=1S/C19H25N7O/c1-11(2)15-16(13-8-12(3)18-21-10-22-26(18)9-13)23-24-17(15)19(27)25-6-4-14(20)5-7-25/h8-11,14H,4-7,20H2,1-3H3,(H,23,24). The molecule has 0 aliphatic carbocycles. The zero-order chi connectivity index (χ0) is 19.1. The second-order valence-electron chi connectivity index (χ2n) is 7.59. The molecule has 1 saturated heterocycles. The van der Waals surface area contributed by atoms with Crippen LogP contribution in [0.15, 0.2) is 18.6 Å². The van der Waals surface area contributed by atoms with Crippen LogP contribution in [0.5, 0.6) is 0 Å². The van der Waals surface area contributed by atoms with Gasteiger partial charge in [-0.2, -0.15) is 10.2 Å². The fourth-order valence-corrected chi connectivity index (χ4v) is 3.78. The molecule has 1 aliphatic rings. The Bertz CT molecular complexity index is 979. The highest BCUT2D eigenvalue weighted by Gasteiger charge is 2.28. The van der Waals surface area contributed by atoms with Gasteiger partial charge in [0.15, 0.2) is 11.3 Å². The third kappa shape index (κ3) is 3.10. The van der Waals surface area contributed by atoms with Crippen LogP contribution < -0.4 is 5.73 Å². The molecule has 3 N–H and O–H groups in total. The van der Waals surface area contributed by atoms with Gasteiger partial charge >= 0.3 is 0 Å². The molecule has 0 bridgehead atoms. The van der Waals surface area contributed by atoms with Crippen LogP contribution >= 0.6 is 0 Å². The van der Waals surface area contributed by atoms with Crippen molar-refractivity contribution >= 4 is 11.6 Å². The van der Waals surface area contributed by atoms with Crippen molar-refractivity contribution < 1.29 is 4.79 Å². The molecule has 142 valence electrons. The van der Waals surface area contributed by atoms with E-state index in [2.05, 4.69) is 40.2 Å². The fourth-order valence-electron chi connectivity index (χ4n) is 3.78. The summed E-state index contributed by atoms with van der Waals surface area (Å²) in [7, 11) is 0. The number of carbonyl (C=O) groups is 1. The summed E-state index contributed by atoms with van der Waals surface area (Å²) in [6.45, 7) is 7.53. The molecule has 27 heavy (non-hydrogen) atoms. The van der Waals surface area contributed by atoms with Gasteiger partial charge in [-0.1, -0.05) is 13.8 Å². The maximum absolute atomic E-state index is 13.1. The van der Waals surface area contributed by atoms with Crippen molar-refractivity contribution in [1.82, 2.24) is 29.7 Å². The highest BCUT2D eigenvalue weighted by Crippen LogP contribution is 2.32. The predicted octanol–water partition coefficient (Wildman–Crippen LogP) is 2.11. The number of nitrogens with two attached hydrogens (primary N) is 1. The second kappa shape index (κ2) is 6.77. The molecule has 3 aromatic rings. The number of piperidine rings is 1. The lowest BCUT2D eigenvalue weighted by Crippen LogP contribution is -2.43. The van der Waals surface area contributed by atoms with Gasteiger partial charge in [-0.05, 0) is 37.3 Å². The Labute approximate surface area is 157 Å². The van der Waals surface area contributed by atoms with Gasteiger partial charge in [0.25, 0.3) is 5.91 Å². The minimum absolute atomic E-state index is 0.0216. The zero-order valence-electron chi connectivity index (χ0n) is 15.9. The number of amides is 1. The monoisotopic (exact) mass is 367 g/mol. The molecule has 1 fully saturated rings. The van der Waals surface area contributed by atoms with Crippen molar-refractivity contribution in [3.05, 3.63) is 35.4 Å². The lowest BCUT2D eigenvalue weighted by Gasteiger charge is -2.30. The van der Waals surface area contributed by atoms with Gasteiger partial charge < -0.3 is 10.6 Å². The van der Waals surface area contributed by atoms with Gasteiger partial charge in [0.2, 0.25) is 0 Å². The summed E-state index contributed by atoms with van der Waals surface area (Å²) in [5.74, 6) is 0.128. The molecule has 4 rings (SSSR count). The molecular formula is C19H25N7O. The van der Waals surface area contributed by atoms with Crippen LogP contribution in [0.4, 0.5) is 0 Å². The highest BCUT2D eigenvalue weighted by atomic mass is 16.2. The molecule has 3 aromatic heterocycles. The number of nitrogens with one attached hydrogen (secondary N) is 1. The van der Waals surface area contributed by atoms with Crippen LogP contribution in [0, 0.1) is 6.92 Å². The molecule has 4 heterocycles. The minimum Gasteiger partial charge on any atom is -0.337 e. The molecule has 1 aliphatic heterocycles. The molecule has 8 nitrogen and oxygen atoms in total. The van der Waals surface area contributed by atoms with Crippen LogP contribution in [0.2, 0.25) is 0 Å². The smallest absolute Gasteiger partial charge is 0.274 e. The van der Waals surface area contributed by atoms with Crippen molar-refractivity contribution in [2.45, 2.75) is 45.6 Å². The summed E-state index contributed by atoms with van der Waals surface area (Å²) in [5.41, 5.74) is 11.1. The molecule has 1 amide bonds. The molecule has 0 saturated carbocycles. The normalized spacial score (nSPS) is 15.8. The summed E-state index contributed by atoms with van der Waals surface area (Å²) < 4.78 is 1.75. The third-order valence-electron chi connectivity index (χ3n) is 5.26. The number of pyridine rings is 1. The number of rotatable bonds is 3. The van der Waals surface area contributed by atoms with Crippen LogP contribution in [-0.4, -0.2) is 54.7 Å². The van der Waals surface area contributed by atoms with Gasteiger partial charge in [-0.15, -0.1) is 0 Å². The largest absolute Gasteiger partial charge is 0.337 e. The average molecular weight is 367 g/mol. The first-order valence-electron chi connectivity index (χ1n) is 9.39. The first-order valence-corrected chi connectivity index (χ1v) is 9.39. The maximum atomic E-state index is 13.1. The Morgan fingerprint density at radius 2 is 2.07 bits per heavy atom. The number of aryl methyl sites for hydroxylation is 1. The number of likely N-dealkylation sites (tertiary alicyclic amines) is 1. The van der Waals surface area contributed by atoms with Crippen molar-refractivity contribution in [1.29, 1.82) is 0 Å². The number of hydrogen-bond donors (Lipinski definition) is 2. The molecule has 0 aromatic carbocycles. The van der Waals surface area contributed by atoms with E-state index in [-0.39, 0.29) is 17.9 Å². The predicted molar refractivity (Wildman–Crippen MR) is 103 cm³/mol. The van der Waals surface area contributed by atoms with Gasteiger partial charge in [0.05, 0.1) is 5.69 Å². The Morgan fingerprint density at radius 1 is 1.33 bits per heavy atom. The summed E-state index contributed by atoms with van der Waals surface area (Å²) in [5, 5.41) is 11.8. The van der Waals surface area contributed by atoms with Crippen molar-refractivity contribution in [2.75, 3.05) is 13.1 Å². The first kappa shape index (κ1) is 17.7. The number of aromatic amines is 1. The zero-order valence-corrected chi connectivity index (χ0v) is 15.9. The lowest BCUT2D eigenvalue weighted by molar-refractivity contribution is 0.0707. The Morgan fingerprint density at radius 3 is 2.78 bits per heavy atom. The molecule has 8 heteroatoms. The number of nitrogens with zero attached hydrogens (tertiary/aromatic N) is 5. The Kier molecular flexibility index (Phi) is 4.43. The number of hydrogen-bond acceptors (Lipinski definition) is 5. The summed E-state index contributed by atoms with van der Waals surface area (Å²) >= 11 is 0. The van der Waals surface area contributed by atoms with E-state index in [1.54, 1.807) is 10.8 Å². The van der Waals surface area contributed by atoms with E-state index < -0.39 is 0 Å².